The van der Waals surface area contributed by atoms with E-state index in [-0.39, 0.29) is 0 Å². The molecule has 0 N–H and O–H groups in total. The molecule has 1 aliphatic heterocycles. The summed E-state index contributed by atoms with van der Waals surface area (Å²) in [5.41, 5.74) is 0.422. The van der Waals surface area contributed by atoms with E-state index in [9.17, 15) is 4.79 Å². The van der Waals surface area contributed by atoms with Crippen molar-refractivity contribution in [2.45, 2.75) is 32.7 Å². The van der Waals surface area contributed by atoms with Crippen molar-refractivity contribution in [1.82, 2.24) is 19.9 Å². The van der Waals surface area contributed by atoms with Crippen LogP contribution in [0.3, 0.4) is 0 Å². The first kappa shape index (κ1) is 12.2. The summed E-state index contributed by atoms with van der Waals surface area (Å²) in [6, 6.07) is 0. The Bertz CT molecular complexity index is 361. The van der Waals surface area contributed by atoms with Gasteiger partial charge in [-0.1, -0.05) is 12.1 Å². The Morgan fingerprint density at radius 3 is 3.18 bits per heavy atom. The SMILES string of the molecule is CCCN1CCC[C@H](Cn2cc(C=O)nn2)C1. The van der Waals surface area contributed by atoms with Gasteiger partial charge in [-0.25, -0.2) is 0 Å². The number of carbonyl (C=O) groups is 1. The molecule has 0 aliphatic carbocycles. The molecule has 1 aromatic rings. The highest BCUT2D eigenvalue weighted by molar-refractivity contribution is 5.70. The lowest BCUT2D eigenvalue weighted by Crippen LogP contribution is -2.37. The molecule has 5 heteroatoms. The second-order valence-electron chi connectivity index (χ2n) is 4.79. The molecular formula is C12H20N4O. The van der Waals surface area contributed by atoms with Gasteiger partial charge >= 0.3 is 0 Å². The number of nitrogens with zero attached hydrogens (tertiary/aromatic N) is 4. The molecule has 94 valence electrons. The molecule has 0 saturated carbocycles. The van der Waals surface area contributed by atoms with Crippen LogP contribution in [-0.2, 0) is 6.54 Å². The normalized spacial score (nSPS) is 21.6. The second-order valence-corrected chi connectivity index (χ2v) is 4.79. The fraction of sp³-hybridized carbons (Fsp3) is 0.750. The summed E-state index contributed by atoms with van der Waals surface area (Å²) in [6.45, 7) is 6.65. The van der Waals surface area contributed by atoms with Crippen LogP contribution in [0.2, 0.25) is 0 Å². The topological polar surface area (TPSA) is 51.0 Å². The van der Waals surface area contributed by atoms with Crippen LogP contribution < -0.4 is 0 Å². The summed E-state index contributed by atoms with van der Waals surface area (Å²) in [5.74, 6) is 0.636. The van der Waals surface area contributed by atoms with Crippen molar-refractivity contribution in [3.05, 3.63) is 11.9 Å². The zero-order valence-corrected chi connectivity index (χ0v) is 10.4. The first-order chi connectivity index (χ1) is 8.31. The molecule has 0 spiro atoms. The Hall–Kier alpha value is -1.23. The Kier molecular flexibility index (Phi) is 4.25. The van der Waals surface area contributed by atoms with Crippen molar-refractivity contribution in [2.75, 3.05) is 19.6 Å². The van der Waals surface area contributed by atoms with Crippen LogP contribution in [0.15, 0.2) is 6.20 Å². The minimum absolute atomic E-state index is 0.422. The number of hydrogen-bond donors (Lipinski definition) is 0. The summed E-state index contributed by atoms with van der Waals surface area (Å²) in [7, 11) is 0. The minimum atomic E-state index is 0.422. The van der Waals surface area contributed by atoms with E-state index in [1.807, 2.05) is 0 Å². The maximum absolute atomic E-state index is 10.5. The predicted molar refractivity (Wildman–Crippen MR) is 64.9 cm³/mol. The number of piperidine rings is 1. The van der Waals surface area contributed by atoms with Crippen molar-refractivity contribution in [2.24, 2.45) is 5.92 Å². The molecule has 1 atom stereocenters. The predicted octanol–water partition coefficient (Wildman–Crippen LogP) is 1.21. The quantitative estimate of drug-likeness (QED) is 0.721. The zero-order valence-electron chi connectivity index (χ0n) is 10.4. The number of likely N-dealkylation sites (tertiary alicyclic amines) is 1. The molecular weight excluding hydrogens is 216 g/mol. The lowest BCUT2D eigenvalue weighted by Gasteiger charge is -2.32. The van der Waals surface area contributed by atoms with E-state index in [1.54, 1.807) is 10.9 Å². The van der Waals surface area contributed by atoms with Crippen molar-refractivity contribution in [3.63, 3.8) is 0 Å². The molecule has 1 aliphatic rings. The van der Waals surface area contributed by atoms with Crippen LogP contribution in [0.1, 0.15) is 36.7 Å². The fourth-order valence-electron chi connectivity index (χ4n) is 2.54. The third-order valence-corrected chi connectivity index (χ3v) is 3.27. The van der Waals surface area contributed by atoms with Gasteiger partial charge in [-0.15, -0.1) is 5.10 Å². The van der Waals surface area contributed by atoms with Gasteiger partial charge in [0, 0.05) is 13.1 Å². The van der Waals surface area contributed by atoms with E-state index in [1.165, 1.54) is 32.4 Å². The van der Waals surface area contributed by atoms with E-state index >= 15 is 0 Å². The summed E-state index contributed by atoms with van der Waals surface area (Å²) in [6.07, 6.45) is 6.20. The molecule has 0 radical (unpaired) electrons. The first-order valence-corrected chi connectivity index (χ1v) is 6.39. The highest BCUT2D eigenvalue weighted by atomic mass is 16.1. The standard InChI is InChI=1S/C12H20N4O/c1-2-5-15-6-3-4-11(7-15)8-16-9-12(10-17)13-14-16/h9-11H,2-8H2,1H3/t11-/m0/s1. The van der Waals surface area contributed by atoms with Crippen LogP contribution >= 0.6 is 0 Å². The Morgan fingerprint density at radius 2 is 2.47 bits per heavy atom. The maximum Gasteiger partial charge on any atom is 0.171 e. The number of aldehydes is 1. The molecule has 1 aromatic heterocycles. The van der Waals surface area contributed by atoms with E-state index in [2.05, 4.69) is 22.1 Å². The third kappa shape index (κ3) is 3.36. The van der Waals surface area contributed by atoms with Gasteiger partial charge in [0.2, 0.25) is 0 Å². The van der Waals surface area contributed by atoms with Crippen LogP contribution in [0, 0.1) is 5.92 Å². The van der Waals surface area contributed by atoms with Gasteiger partial charge in [-0.05, 0) is 38.3 Å². The monoisotopic (exact) mass is 236 g/mol. The van der Waals surface area contributed by atoms with Crippen LogP contribution in [-0.4, -0.2) is 45.8 Å². The van der Waals surface area contributed by atoms with Gasteiger partial charge in [-0.2, -0.15) is 0 Å². The van der Waals surface area contributed by atoms with Crippen LogP contribution in [0.5, 0.6) is 0 Å². The first-order valence-electron chi connectivity index (χ1n) is 6.39. The van der Waals surface area contributed by atoms with Gasteiger partial charge < -0.3 is 4.90 Å². The Balaban J connectivity index is 1.87. The van der Waals surface area contributed by atoms with Crippen molar-refractivity contribution >= 4 is 6.29 Å². The van der Waals surface area contributed by atoms with Gasteiger partial charge in [0.25, 0.3) is 0 Å². The lowest BCUT2D eigenvalue weighted by molar-refractivity contribution is 0.111. The molecule has 2 rings (SSSR count). The van der Waals surface area contributed by atoms with E-state index in [0.29, 0.717) is 11.6 Å². The minimum Gasteiger partial charge on any atom is -0.303 e. The van der Waals surface area contributed by atoms with E-state index in [4.69, 9.17) is 0 Å². The Morgan fingerprint density at radius 1 is 1.59 bits per heavy atom. The fourth-order valence-corrected chi connectivity index (χ4v) is 2.54. The average Bonchev–Trinajstić information content (AvgIpc) is 2.78. The zero-order chi connectivity index (χ0) is 12.1. The van der Waals surface area contributed by atoms with Crippen molar-refractivity contribution in [1.29, 1.82) is 0 Å². The van der Waals surface area contributed by atoms with Crippen LogP contribution in [0.25, 0.3) is 0 Å². The number of rotatable bonds is 5. The van der Waals surface area contributed by atoms with Gasteiger partial charge in [-0.3, -0.25) is 9.48 Å². The summed E-state index contributed by atoms with van der Waals surface area (Å²) in [5, 5.41) is 7.76. The highest BCUT2D eigenvalue weighted by Crippen LogP contribution is 2.18. The molecule has 5 nitrogen and oxygen atoms in total. The molecule has 0 amide bonds. The number of aromatic nitrogens is 3. The molecule has 0 bridgehead atoms. The largest absolute Gasteiger partial charge is 0.303 e. The van der Waals surface area contributed by atoms with Crippen molar-refractivity contribution < 1.29 is 4.79 Å². The van der Waals surface area contributed by atoms with Crippen LogP contribution in [0.4, 0.5) is 0 Å². The molecule has 17 heavy (non-hydrogen) atoms. The molecule has 0 aromatic carbocycles. The number of hydrogen-bond acceptors (Lipinski definition) is 4. The number of carbonyl (C=O) groups excluding carboxylic acids is 1. The maximum atomic E-state index is 10.5. The molecule has 1 saturated heterocycles. The lowest BCUT2D eigenvalue weighted by atomic mass is 9.98. The van der Waals surface area contributed by atoms with Gasteiger partial charge in [0.15, 0.2) is 6.29 Å². The third-order valence-electron chi connectivity index (χ3n) is 3.27. The average molecular weight is 236 g/mol. The second kappa shape index (κ2) is 5.91. The van der Waals surface area contributed by atoms with Crippen molar-refractivity contribution in [3.8, 4) is 0 Å². The summed E-state index contributed by atoms with van der Waals surface area (Å²) >= 11 is 0. The van der Waals surface area contributed by atoms with E-state index in [0.717, 1.165) is 19.4 Å². The molecule has 0 unspecified atom stereocenters. The smallest absolute Gasteiger partial charge is 0.171 e. The molecule has 2 heterocycles. The van der Waals surface area contributed by atoms with Gasteiger partial charge in [0.05, 0.1) is 6.20 Å². The summed E-state index contributed by atoms with van der Waals surface area (Å²) < 4.78 is 1.80. The van der Waals surface area contributed by atoms with E-state index < -0.39 is 0 Å². The Labute approximate surface area is 102 Å². The summed E-state index contributed by atoms with van der Waals surface area (Å²) in [4.78, 5) is 13.0. The molecule has 1 fully saturated rings. The highest BCUT2D eigenvalue weighted by Gasteiger charge is 2.19. The van der Waals surface area contributed by atoms with Gasteiger partial charge in [0.1, 0.15) is 5.69 Å².